The SMILES string of the molecule is C.CS(=O)(=O)O.CS(=O)(=O)[O-].CS(=O)c1ccccc1.CSc1ccc(-c2ccc([S+](C)c3ccccc3)cc2)cc1.CSc1ccc(-c2ccccc2)cc1. The van der Waals surface area contributed by atoms with Crippen LogP contribution < -0.4 is 0 Å². The summed E-state index contributed by atoms with van der Waals surface area (Å²) in [5.41, 5.74) is 5.12. The molecule has 0 aromatic heterocycles. The molecule has 13 heteroatoms. The van der Waals surface area contributed by atoms with Crippen molar-refractivity contribution in [3.05, 3.63) is 164 Å². The fourth-order valence-corrected chi connectivity index (χ4v) is 7.16. The molecule has 0 aliphatic carbocycles. The van der Waals surface area contributed by atoms with Gasteiger partial charge in [-0.15, -0.1) is 23.5 Å². The molecule has 2 unspecified atom stereocenters. The van der Waals surface area contributed by atoms with Gasteiger partial charge in [0.25, 0.3) is 10.1 Å². The predicted octanol–water partition coefficient (Wildman–Crippen LogP) is 10.5. The molecule has 0 bridgehead atoms. The van der Waals surface area contributed by atoms with E-state index in [0.717, 1.165) is 4.90 Å². The maximum Gasteiger partial charge on any atom is 0.261 e. The molecule has 0 saturated carbocycles. The topological polar surface area (TPSA) is 129 Å². The highest BCUT2D eigenvalue weighted by atomic mass is 32.2. The van der Waals surface area contributed by atoms with Crippen molar-refractivity contribution in [3.8, 4) is 22.3 Å². The highest BCUT2D eigenvalue weighted by molar-refractivity contribution is 7.98. The fraction of sp³-hybridized carbons (Fsp3) is 0.163. The van der Waals surface area contributed by atoms with Crippen LogP contribution in [0.2, 0.25) is 0 Å². The van der Waals surface area contributed by atoms with E-state index in [1.165, 1.54) is 41.8 Å². The average molecular weight is 871 g/mol. The molecule has 0 aliphatic rings. The molecule has 7 nitrogen and oxygen atoms in total. The molecule has 0 spiro atoms. The molecule has 1 N–H and O–H groups in total. The van der Waals surface area contributed by atoms with Crippen LogP contribution in [-0.2, 0) is 41.9 Å². The van der Waals surface area contributed by atoms with Crippen molar-refractivity contribution in [1.29, 1.82) is 0 Å². The van der Waals surface area contributed by atoms with E-state index in [4.69, 9.17) is 17.5 Å². The van der Waals surface area contributed by atoms with Crippen LogP contribution in [0, 0.1) is 0 Å². The Morgan fingerprint density at radius 1 is 0.536 bits per heavy atom. The molecular weight excluding hydrogens is 821 g/mol. The minimum atomic E-state index is -3.92. The summed E-state index contributed by atoms with van der Waals surface area (Å²) >= 11 is 3.55. The second-order valence-corrected chi connectivity index (χ2v) is 19.4. The smallest absolute Gasteiger partial charge is 0.261 e. The first kappa shape index (κ1) is 50.4. The van der Waals surface area contributed by atoms with Crippen molar-refractivity contribution in [2.45, 2.75) is 31.9 Å². The summed E-state index contributed by atoms with van der Waals surface area (Å²) in [7, 11) is -8.28. The highest BCUT2D eigenvalue weighted by Crippen LogP contribution is 2.27. The van der Waals surface area contributed by atoms with Gasteiger partial charge in [0.1, 0.15) is 6.26 Å². The van der Waals surface area contributed by atoms with Gasteiger partial charge in [-0.3, -0.25) is 8.76 Å². The number of rotatable bonds is 7. The van der Waals surface area contributed by atoms with Crippen molar-refractivity contribution in [2.75, 3.05) is 37.5 Å². The Bertz CT molecular complexity index is 2160. The summed E-state index contributed by atoms with van der Waals surface area (Å²) in [6, 6.07) is 56.9. The molecule has 2 atom stereocenters. The number of benzene rings is 6. The molecular formula is C43H50O7S6. The van der Waals surface area contributed by atoms with Crippen molar-refractivity contribution in [3.63, 3.8) is 0 Å². The molecule has 0 heterocycles. The van der Waals surface area contributed by atoms with Crippen LogP contribution in [0.4, 0.5) is 0 Å². The molecule has 0 saturated heterocycles. The lowest BCUT2D eigenvalue weighted by molar-refractivity contribution is 0.470. The zero-order chi connectivity index (χ0) is 40.9. The van der Waals surface area contributed by atoms with E-state index in [-0.39, 0.29) is 18.3 Å². The van der Waals surface area contributed by atoms with Crippen molar-refractivity contribution >= 4 is 65.5 Å². The third-order valence-electron chi connectivity index (χ3n) is 7.00. The third-order valence-corrected chi connectivity index (χ3v) is 11.4. The zero-order valence-corrected chi connectivity index (χ0v) is 36.3. The van der Waals surface area contributed by atoms with E-state index in [2.05, 4.69) is 146 Å². The van der Waals surface area contributed by atoms with Gasteiger partial charge in [0, 0.05) is 38.0 Å². The van der Waals surface area contributed by atoms with E-state index in [0.29, 0.717) is 12.5 Å². The van der Waals surface area contributed by atoms with Crippen LogP contribution in [0.15, 0.2) is 188 Å². The van der Waals surface area contributed by atoms with Crippen LogP contribution in [-0.4, -0.2) is 67.7 Å². The molecule has 6 rings (SSSR count). The summed E-state index contributed by atoms with van der Waals surface area (Å²) in [4.78, 5) is 6.27. The van der Waals surface area contributed by atoms with Crippen LogP contribution in [0.25, 0.3) is 22.3 Å². The van der Waals surface area contributed by atoms with E-state index in [9.17, 15) is 12.6 Å². The Kier molecular flexibility index (Phi) is 23.6. The predicted molar refractivity (Wildman–Crippen MR) is 242 cm³/mol. The third kappa shape index (κ3) is 22.2. The van der Waals surface area contributed by atoms with Crippen LogP contribution in [0.1, 0.15) is 7.43 Å². The normalized spacial score (nSPS) is 11.4. The first-order valence-corrected chi connectivity index (χ1v) is 25.7. The van der Waals surface area contributed by atoms with Gasteiger partial charge in [0.15, 0.2) is 9.79 Å². The summed E-state index contributed by atoms with van der Waals surface area (Å²) in [6.07, 6.45) is 9.49. The van der Waals surface area contributed by atoms with E-state index >= 15 is 0 Å². The molecule has 300 valence electrons. The van der Waals surface area contributed by atoms with Crippen molar-refractivity contribution in [1.82, 2.24) is 0 Å². The van der Waals surface area contributed by atoms with Gasteiger partial charge in [0.2, 0.25) is 0 Å². The minimum Gasteiger partial charge on any atom is -0.748 e. The van der Waals surface area contributed by atoms with Gasteiger partial charge in [-0.1, -0.05) is 98.4 Å². The van der Waals surface area contributed by atoms with Gasteiger partial charge in [-0.2, -0.15) is 8.42 Å². The number of hydrogen-bond acceptors (Lipinski definition) is 8. The molecule has 6 aromatic carbocycles. The maximum atomic E-state index is 10.8. The molecule has 0 radical (unpaired) electrons. The lowest BCUT2D eigenvalue weighted by atomic mass is 10.1. The Morgan fingerprint density at radius 3 is 1.11 bits per heavy atom. The largest absolute Gasteiger partial charge is 0.748 e. The van der Waals surface area contributed by atoms with E-state index in [1.54, 1.807) is 29.8 Å². The summed E-state index contributed by atoms with van der Waals surface area (Å²) in [5, 5.41) is 0. The highest BCUT2D eigenvalue weighted by Gasteiger charge is 2.18. The van der Waals surface area contributed by atoms with E-state index in [1.807, 2.05) is 36.4 Å². The Morgan fingerprint density at radius 2 is 0.804 bits per heavy atom. The van der Waals surface area contributed by atoms with Gasteiger partial charge in [-0.05, 0) is 108 Å². The monoisotopic (exact) mass is 870 g/mol. The quantitative estimate of drug-likeness (QED) is 0.0947. The van der Waals surface area contributed by atoms with Crippen molar-refractivity contribution < 1.29 is 30.1 Å². The lowest BCUT2D eigenvalue weighted by Crippen LogP contribution is -1.99. The second kappa shape index (κ2) is 26.3. The Balaban J connectivity index is 0.000000395. The van der Waals surface area contributed by atoms with Crippen LogP contribution in [0.3, 0.4) is 0 Å². The summed E-state index contributed by atoms with van der Waals surface area (Å²) in [5.74, 6) is 0. The van der Waals surface area contributed by atoms with Gasteiger partial charge in [0.05, 0.1) is 27.3 Å². The Labute approximate surface area is 348 Å². The first-order chi connectivity index (χ1) is 26.0. The zero-order valence-electron chi connectivity index (χ0n) is 31.4. The summed E-state index contributed by atoms with van der Waals surface area (Å²) < 4.78 is 63.9. The molecule has 0 aliphatic heterocycles. The van der Waals surface area contributed by atoms with E-state index < -0.39 is 31.0 Å². The maximum absolute atomic E-state index is 10.8. The lowest BCUT2D eigenvalue weighted by Gasteiger charge is -2.05. The number of thioether (sulfide) groups is 2. The average Bonchev–Trinajstić information content (AvgIpc) is 3.18. The Hall–Kier alpha value is -3.66. The molecule has 0 amide bonds. The standard InChI is InChI=1S/C20H19S2.C13H12S.C7H8OS.2CH4O3S.CH4/c1-21-18-12-8-16(9-13-18)17-10-14-20(15-11-17)22(2)19-6-4-3-5-7-19;1-14-13-9-7-12(8-10-13)11-5-3-2-4-6-11;1-9(8)7-5-3-2-4-6-7;2*1-5(2,3)4;/h3-15H,1-2H3;2-10H,1H3;2-6H,1H3;2*1H3,(H,2,3,4);1H4/q+1;;;;;/p-1. The van der Waals surface area contributed by atoms with Gasteiger partial charge >= 0.3 is 0 Å². The summed E-state index contributed by atoms with van der Waals surface area (Å²) in [6.45, 7) is 0. The van der Waals surface area contributed by atoms with Crippen LogP contribution >= 0.6 is 23.5 Å². The fourth-order valence-electron chi connectivity index (χ4n) is 4.42. The molecule has 6 aromatic rings. The molecule has 0 fully saturated rings. The minimum absolute atomic E-state index is 0. The molecule has 56 heavy (non-hydrogen) atoms. The second-order valence-electron chi connectivity index (χ2n) is 11.4. The van der Waals surface area contributed by atoms with Crippen molar-refractivity contribution in [2.24, 2.45) is 0 Å². The van der Waals surface area contributed by atoms with Gasteiger partial charge < -0.3 is 4.55 Å². The van der Waals surface area contributed by atoms with Crippen LogP contribution in [0.5, 0.6) is 0 Å². The van der Waals surface area contributed by atoms with Gasteiger partial charge in [-0.25, -0.2) is 8.42 Å². The number of hydrogen-bond donors (Lipinski definition) is 1. The first-order valence-electron chi connectivity index (χ1n) is 16.3.